The lowest BCUT2D eigenvalue weighted by atomic mass is 10.3. The molecule has 0 saturated heterocycles. The van der Waals surface area contributed by atoms with E-state index in [1.54, 1.807) is 0 Å². The predicted molar refractivity (Wildman–Crippen MR) is 55.1 cm³/mol. The quantitative estimate of drug-likeness (QED) is 0.686. The summed E-state index contributed by atoms with van der Waals surface area (Å²) in [6.45, 7) is 4.28. The van der Waals surface area contributed by atoms with Crippen molar-refractivity contribution in [3.63, 3.8) is 0 Å². The molecule has 14 heavy (non-hydrogen) atoms. The standard InChI is InChI=1S/C11H13N2O/c1-2-14-8-7-13-9-12-10-5-3-4-6-11(10)13/h3-6H,2,7-8H2,1H3. The number of benzene rings is 1. The van der Waals surface area contributed by atoms with E-state index in [4.69, 9.17) is 4.74 Å². The molecule has 1 aromatic heterocycles. The van der Waals surface area contributed by atoms with Crippen molar-refractivity contribution in [2.24, 2.45) is 0 Å². The number of fused-ring (bicyclic) bond motifs is 1. The Labute approximate surface area is 83.3 Å². The number of imidazole rings is 1. The summed E-state index contributed by atoms with van der Waals surface area (Å²) in [7, 11) is 0. The van der Waals surface area contributed by atoms with Crippen LogP contribution in [-0.4, -0.2) is 22.8 Å². The second-order valence-corrected chi connectivity index (χ2v) is 3.05. The van der Waals surface area contributed by atoms with Crippen LogP contribution in [0.5, 0.6) is 0 Å². The van der Waals surface area contributed by atoms with Gasteiger partial charge in [-0.15, -0.1) is 0 Å². The number of rotatable bonds is 4. The van der Waals surface area contributed by atoms with Gasteiger partial charge in [0.15, 0.2) is 6.33 Å². The third kappa shape index (κ3) is 1.77. The van der Waals surface area contributed by atoms with Gasteiger partial charge >= 0.3 is 0 Å². The van der Waals surface area contributed by atoms with Crippen molar-refractivity contribution < 1.29 is 4.74 Å². The molecule has 2 rings (SSSR count). The SMILES string of the molecule is CCOCCn1[c]nc2ccccc21. The van der Waals surface area contributed by atoms with Crippen molar-refractivity contribution in [1.82, 2.24) is 9.55 Å². The lowest BCUT2D eigenvalue weighted by Gasteiger charge is -2.02. The maximum atomic E-state index is 5.29. The summed E-state index contributed by atoms with van der Waals surface area (Å²) in [5.74, 6) is 0. The van der Waals surface area contributed by atoms with Crippen LogP contribution < -0.4 is 0 Å². The van der Waals surface area contributed by atoms with Gasteiger partial charge in [-0.1, -0.05) is 12.1 Å². The van der Waals surface area contributed by atoms with E-state index in [9.17, 15) is 0 Å². The van der Waals surface area contributed by atoms with E-state index in [2.05, 4.69) is 11.3 Å². The molecule has 0 bridgehead atoms. The summed E-state index contributed by atoms with van der Waals surface area (Å²) in [6.07, 6.45) is 2.96. The highest BCUT2D eigenvalue weighted by Crippen LogP contribution is 2.10. The second kappa shape index (κ2) is 4.24. The van der Waals surface area contributed by atoms with Gasteiger partial charge in [-0.05, 0) is 19.1 Å². The fourth-order valence-corrected chi connectivity index (χ4v) is 1.43. The molecule has 0 N–H and O–H groups in total. The maximum Gasteiger partial charge on any atom is 0.177 e. The molecule has 2 aromatic rings. The number of nitrogens with zero attached hydrogens (tertiary/aromatic N) is 2. The monoisotopic (exact) mass is 189 g/mol. The van der Waals surface area contributed by atoms with Crippen molar-refractivity contribution >= 4 is 11.0 Å². The van der Waals surface area contributed by atoms with Crippen molar-refractivity contribution in [3.8, 4) is 0 Å². The zero-order valence-electron chi connectivity index (χ0n) is 8.23. The average Bonchev–Trinajstić information content (AvgIpc) is 2.63. The Kier molecular flexibility index (Phi) is 2.79. The van der Waals surface area contributed by atoms with E-state index >= 15 is 0 Å². The van der Waals surface area contributed by atoms with Gasteiger partial charge in [0.2, 0.25) is 0 Å². The molecular formula is C11H13N2O. The van der Waals surface area contributed by atoms with Crippen LogP contribution in [0.4, 0.5) is 0 Å². The van der Waals surface area contributed by atoms with E-state index in [0.29, 0.717) is 6.61 Å². The molecule has 0 saturated carbocycles. The molecule has 0 aliphatic carbocycles. The molecule has 0 unspecified atom stereocenters. The zero-order chi connectivity index (χ0) is 9.80. The second-order valence-electron chi connectivity index (χ2n) is 3.05. The third-order valence-corrected chi connectivity index (χ3v) is 2.13. The van der Waals surface area contributed by atoms with Crippen LogP contribution in [0.1, 0.15) is 6.92 Å². The van der Waals surface area contributed by atoms with Crippen molar-refractivity contribution in [1.29, 1.82) is 0 Å². The molecule has 1 radical (unpaired) electrons. The Morgan fingerprint density at radius 2 is 2.29 bits per heavy atom. The summed E-state index contributed by atoms with van der Waals surface area (Å²) in [6, 6.07) is 8.03. The van der Waals surface area contributed by atoms with Crippen LogP contribution >= 0.6 is 0 Å². The lowest BCUT2D eigenvalue weighted by Crippen LogP contribution is -2.04. The molecule has 1 aromatic carbocycles. The van der Waals surface area contributed by atoms with E-state index in [0.717, 1.165) is 24.2 Å². The number of aromatic nitrogens is 2. The van der Waals surface area contributed by atoms with Crippen LogP contribution in [0.3, 0.4) is 0 Å². The smallest absolute Gasteiger partial charge is 0.177 e. The van der Waals surface area contributed by atoms with Crippen molar-refractivity contribution in [2.75, 3.05) is 13.2 Å². The molecule has 3 nitrogen and oxygen atoms in total. The first kappa shape index (κ1) is 9.21. The molecule has 0 atom stereocenters. The van der Waals surface area contributed by atoms with Gasteiger partial charge in [0.1, 0.15) is 0 Å². The Hall–Kier alpha value is -1.35. The van der Waals surface area contributed by atoms with Gasteiger partial charge in [0.05, 0.1) is 17.6 Å². The molecular weight excluding hydrogens is 176 g/mol. The zero-order valence-corrected chi connectivity index (χ0v) is 8.23. The van der Waals surface area contributed by atoms with Crippen LogP contribution in [0.15, 0.2) is 24.3 Å². The molecule has 0 aliphatic heterocycles. The molecule has 0 amide bonds. The Morgan fingerprint density at radius 1 is 1.43 bits per heavy atom. The van der Waals surface area contributed by atoms with Gasteiger partial charge in [-0.3, -0.25) is 0 Å². The van der Waals surface area contributed by atoms with Gasteiger partial charge in [-0.25, -0.2) is 4.98 Å². The summed E-state index contributed by atoms with van der Waals surface area (Å²) in [4.78, 5) is 4.18. The number of hydrogen-bond donors (Lipinski definition) is 0. The Bertz CT molecular complexity index is 408. The highest BCUT2D eigenvalue weighted by atomic mass is 16.5. The Morgan fingerprint density at radius 3 is 3.14 bits per heavy atom. The summed E-state index contributed by atoms with van der Waals surface area (Å²) in [5, 5.41) is 0. The largest absolute Gasteiger partial charge is 0.380 e. The predicted octanol–water partition coefficient (Wildman–Crippen LogP) is 1.87. The third-order valence-electron chi connectivity index (χ3n) is 2.13. The molecule has 0 aliphatic rings. The normalized spacial score (nSPS) is 10.9. The van der Waals surface area contributed by atoms with E-state index in [-0.39, 0.29) is 0 Å². The van der Waals surface area contributed by atoms with E-state index in [1.807, 2.05) is 35.8 Å². The average molecular weight is 189 g/mol. The Balaban J connectivity index is 2.17. The molecule has 73 valence electrons. The minimum absolute atomic E-state index is 0.716. The highest BCUT2D eigenvalue weighted by Gasteiger charge is 2.00. The summed E-state index contributed by atoms with van der Waals surface area (Å²) < 4.78 is 7.28. The maximum absolute atomic E-state index is 5.29. The van der Waals surface area contributed by atoms with E-state index < -0.39 is 0 Å². The lowest BCUT2D eigenvalue weighted by molar-refractivity contribution is 0.139. The topological polar surface area (TPSA) is 27.1 Å². The van der Waals surface area contributed by atoms with E-state index in [1.165, 1.54) is 0 Å². The molecule has 0 fully saturated rings. The minimum atomic E-state index is 0.716. The molecule has 0 spiro atoms. The van der Waals surface area contributed by atoms with Crippen LogP contribution in [-0.2, 0) is 11.3 Å². The summed E-state index contributed by atoms with van der Waals surface area (Å²) >= 11 is 0. The first-order chi connectivity index (χ1) is 6.92. The van der Waals surface area contributed by atoms with Crippen LogP contribution in [0, 0.1) is 6.33 Å². The molecule has 1 heterocycles. The first-order valence-electron chi connectivity index (χ1n) is 4.82. The number of hydrogen-bond acceptors (Lipinski definition) is 2. The first-order valence-corrected chi connectivity index (χ1v) is 4.82. The van der Waals surface area contributed by atoms with Gasteiger partial charge in [-0.2, -0.15) is 0 Å². The van der Waals surface area contributed by atoms with Gasteiger partial charge in [0, 0.05) is 13.2 Å². The van der Waals surface area contributed by atoms with Crippen LogP contribution in [0.2, 0.25) is 0 Å². The fourth-order valence-electron chi connectivity index (χ4n) is 1.43. The molecule has 3 heteroatoms. The minimum Gasteiger partial charge on any atom is -0.380 e. The van der Waals surface area contributed by atoms with Crippen molar-refractivity contribution in [2.45, 2.75) is 13.5 Å². The fraction of sp³-hybridized carbons (Fsp3) is 0.364. The van der Waals surface area contributed by atoms with Crippen molar-refractivity contribution in [3.05, 3.63) is 30.6 Å². The number of ether oxygens (including phenoxy) is 1. The van der Waals surface area contributed by atoms with Crippen LogP contribution in [0.25, 0.3) is 11.0 Å². The van der Waals surface area contributed by atoms with Gasteiger partial charge < -0.3 is 9.30 Å². The summed E-state index contributed by atoms with van der Waals surface area (Å²) in [5.41, 5.74) is 2.11. The number of para-hydroxylation sites is 2. The highest BCUT2D eigenvalue weighted by molar-refractivity contribution is 5.74. The van der Waals surface area contributed by atoms with Gasteiger partial charge in [0.25, 0.3) is 0 Å².